The van der Waals surface area contributed by atoms with Gasteiger partial charge in [0.15, 0.2) is 0 Å². The third-order valence-corrected chi connectivity index (χ3v) is 4.70. The summed E-state index contributed by atoms with van der Waals surface area (Å²) in [6.07, 6.45) is 0.0916. The second-order valence-electron chi connectivity index (χ2n) is 4.64. The molecule has 2 rings (SSSR count). The number of amides is 1. The number of rotatable bonds is 4. The number of hydrogen-bond donors (Lipinski definition) is 1. The van der Waals surface area contributed by atoms with E-state index in [1.807, 2.05) is 0 Å². The second-order valence-corrected chi connectivity index (χ2v) is 6.21. The van der Waals surface area contributed by atoms with Crippen LogP contribution in [0.15, 0.2) is 12.1 Å². The van der Waals surface area contributed by atoms with Crippen LogP contribution in [0.2, 0.25) is 5.02 Å². The van der Waals surface area contributed by atoms with Gasteiger partial charge in [0.05, 0.1) is 24.1 Å². The number of halogens is 2. The molecule has 1 saturated heterocycles. The molecule has 0 radical (unpaired) electrons. The van der Waals surface area contributed by atoms with Crippen LogP contribution in [0.3, 0.4) is 0 Å². The number of hydrogen-bond acceptors (Lipinski definition) is 3. The molecule has 0 aromatic heterocycles. The van der Waals surface area contributed by atoms with Crippen molar-refractivity contribution in [3.05, 3.63) is 26.3 Å². The van der Waals surface area contributed by atoms with Gasteiger partial charge in [0.25, 0.3) is 5.91 Å². The Morgan fingerprint density at radius 2 is 2.15 bits per heavy atom. The summed E-state index contributed by atoms with van der Waals surface area (Å²) in [5.74, 6) is -0.508. The van der Waals surface area contributed by atoms with Crippen molar-refractivity contribution in [2.24, 2.45) is 5.92 Å². The molecule has 5 nitrogen and oxygen atoms in total. The summed E-state index contributed by atoms with van der Waals surface area (Å²) in [5.41, 5.74) is 0.409. The summed E-state index contributed by atoms with van der Waals surface area (Å²) in [5, 5.41) is 9.20. The van der Waals surface area contributed by atoms with Crippen LogP contribution in [0.4, 0.5) is 0 Å². The van der Waals surface area contributed by atoms with E-state index in [1.54, 1.807) is 17.0 Å². The summed E-state index contributed by atoms with van der Waals surface area (Å²) in [7, 11) is 1.50. The molecule has 1 heterocycles. The Labute approximate surface area is 135 Å². The number of carbonyl (C=O) groups is 2. The predicted molar refractivity (Wildman–Crippen MR) is 82.4 cm³/mol. The molecule has 0 bridgehead atoms. The number of carbonyl (C=O) groups excluding carboxylic acids is 1. The van der Waals surface area contributed by atoms with Gasteiger partial charge in [-0.1, -0.05) is 11.6 Å². The molecule has 1 aliphatic heterocycles. The predicted octanol–water partition coefficient (Wildman–Crippen LogP) is 2.50. The van der Waals surface area contributed by atoms with E-state index < -0.39 is 5.97 Å². The minimum absolute atomic E-state index is 0.0294. The van der Waals surface area contributed by atoms with Crippen molar-refractivity contribution < 1.29 is 19.4 Å². The van der Waals surface area contributed by atoms with Gasteiger partial charge in [-0.3, -0.25) is 9.59 Å². The highest BCUT2D eigenvalue weighted by Gasteiger charge is 2.33. The lowest BCUT2D eigenvalue weighted by atomic mass is 9.95. The molecule has 1 N–H and O–H groups in total. The van der Waals surface area contributed by atoms with Crippen molar-refractivity contribution >= 4 is 46.1 Å². The third kappa shape index (κ3) is 3.17. The van der Waals surface area contributed by atoms with Crippen LogP contribution in [-0.4, -0.2) is 42.1 Å². The van der Waals surface area contributed by atoms with E-state index in [9.17, 15) is 9.59 Å². The second kappa shape index (κ2) is 6.17. The molecule has 108 valence electrons. The standard InChI is InChI=1S/C13H13ClINO4/c1-20-11-4-10(15)9(14)3-8(11)13(19)16-5-7(6-16)2-12(17)18/h3-4,7H,2,5-6H2,1H3,(H,17,18). The smallest absolute Gasteiger partial charge is 0.303 e. The van der Waals surface area contributed by atoms with Gasteiger partial charge in [0.1, 0.15) is 5.75 Å². The summed E-state index contributed by atoms with van der Waals surface area (Å²) < 4.78 is 6.02. The maximum Gasteiger partial charge on any atom is 0.303 e. The van der Waals surface area contributed by atoms with E-state index in [4.69, 9.17) is 21.4 Å². The zero-order valence-corrected chi connectivity index (χ0v) is 13.6. The lowest BCUT2D eigenvalue weighted by Gasteiger charge is -2.38. The molecule has 0 aliphatic carbocycles. The summed E-state index contributed by atoms with van der Waals surface area (Å²) in [4.78, 5) is 24.5. The SMILES string of the molecule is COc1cc(I)c(Cl)cc1C(=O)N1CC(CC(=O)O)C1. The van der Waals surface area contributed by atoms with Crippen molar-refractivity contribution in [1.29, 1.82) is 0 Å². The van der Waals surface area contributed by atoms with Crippen LogP contribution in [-0.2, 0) is 4.79 Å². The molecule has 1 aromatic carbocycles. The van der Waals surface area contributed by atoms with E-state index >= 15 is 0 Å². The lowest BCUT2D eigenvalue weighted by molar-refractivity contribution is -0.139. The minimum Gasteiger partial charge on any atom is -0.496 e. The van der Waals surface area contributed by atoms with Crippen molar-refractivity contribution in [2.75, 3.05) is 20.2 Å². The molecule has 20 heavy (non-hydrogen) atoms. The maximum absolute atomic E-state index is 12.3. The lowest BCUT2D eigenvalue weighted by Crippen LogP contribution is -2.50. The van der Waals surface area contributed by atoms with Crippen LogP contribution in [0.25, 0.3) is 0 Å². The van der Waals surface area contributed by atoms with Crippen LogP contribution in [0, 0.1) is 9.49 Å². The Morgan fingerprint density at radius 3 is 2.70 bits per heavy atom. The molecule has 0 spiro atoms. The van der Waals surface area contributed by atoms with Crippen LogP contribution in [0.1, 0.15) is 16.8 Å². The highest BCUT2D eigenvalue weighted by Crippen LogP contribution is 2.31. The number of likely N-dealkylation sites (tertiary alicyclic amines) is 1. The Balaban J connectivity index is 2.11. The number of ether oxygens (including phenoxy) is 1. The van der Waals surface area contributed by atoms with Gasteiger partial charge in [-0.25, -0.2) is 0 Å². The molecule has 0 unspecified atom stereocenters. The number of methoxy groups -OCH3 is 1. The van der Waals surface area contributed by atoms with Crippen LogP contribution >= 0.6 is 34.2 Å². The Kier molecular flexibility index (Phi) is 4.74. The van der Waals surface area contributed by atoms with Gasteiger partial charge in [-0.05, 0) is 34.7 Å². The van der Waals surface area contributed by atoms with Crippen molar-refractivity contribution in [2.45, 2.75) is 6.42 Å². The fourth-order valence-corrected chi connectivity index (χ4v) is 2.75. The zero-order chi connectivity index (χ0) is 14.9. The Hall–Kier alpha value is -1.02. The van der Waals surface area contributed by atoms with Gasteiger partial charge in [-0.2, -0.15) is 0 Å². The molecule has 7 heteroatoms. The van der Waals surface area contributed by atoms with E-state index in [2.05, 4.69) is 22.6 Å². The Bertz CT molecular complexity index is 558. The maximum atomic E-state index is 12.3. The monoisotopic (exact) mass is 409 g/mol. The highest BCUT2D eigenvalue weighted by molar-refractivity contribution is 14.1. The van der Waals surface area contributed by atoms with Crippen molar-refractivity contribution in [3.8, 4) is 5.75 Å². The van der Waals surface area contributed by atoms with Gasteiger partial charge in [0, 0.05) is 22.6 Å². The molecule has 0 atom stereocenters. The first kappa shape index (κ1) is 15.4. The van der Waals surface area contributed by atoms with Gasteiger partial charge >= 0.3 is 5.97 Å². The Morgan fingerprint density at radius 1 is 1.50 bits per heavy atom. The van der Waals surface area contributed by atoms with E-state index in [0.29, 0.717) is 29.4 Å². The van der Waals surface area contributed by atoms with E-state index in [0.717, 1.165) is 3.57 Å². The van der Waals surface area contributed by atoms with Gasteiger partial charge in [-0.15, -0.1) is 0 Å². The average Bonchev–Trinajstić information content (AvgIpc) is 2.35. The molecular weight excluding hydrogens is 397 g/mol. The fourth-order valence-electron chi connectivity index (χ4n) is 2.15. The van der Waals surface area contributed by atoms with Crippen LogP contribution < -0.4 is 4.74 Å². The largest absolute Gasteiger partial charge is 0.496 e. The van der Waals surface area contributed by atoms with Gasteiger partial charge in [0.2, 0.25) is 0 Å². The highest BCUT2D eigenvalue weighted by atomic mass is 127. The quantitative estimate of drug-likeness (QED) is 0.776. The number of benzene rings is 1. The van der Waals surface area contributed by atoms with Gasteiger partial charge < -0.3 is 14.7 Å². The number of carboxylic acid groups (broad SMARTS) is 1. The first-order valence-corrected chi connectivity index (χ1v) is 7.42. The number of aliphatic carboxylic acids is 1. The average molecular weight is 410 g/mol. The molecule has 0 saturated carbocycles. The normalized spacial score (nSPS) is 14.8. The first-order chi connectivity index (χ1) is 9.42. The fraction of sp³-hybridized carbons (Fsp3) is 0.385. The molecular formula is C13H13ClINO4. The van der Waals surface area contributed by atoms with E-state index in [-0.39, 0.29) is 18.2 Å². The minimum atomic E-state index is -0.836. The summed E-state index contributed by atoms with van der Waals surface area (Å²) in [6, 6.07) is 3.31. The molecule has 1 aliphatic rings. The third-order valence-electron chi connectivity index (χ3n) is 3.18. The number of nitrogens with zero attached hydrogens (tertiary/aromatic N) is 1. The zero-order valence-electron chi connectivity index (χ0n) is 10.7. The van der Waals surface area contributed by atoms with Crippen molar-refractivity contribution in [1.82, 2.24) is 4.90 Å². The molecule has 1 amide bonds. The number of carboxylic acids is 1. The van der Waals surface area contributed by atoms with E-state index in [1.165, 1.54) is 7.11 Å². The first-order valence-electron chi connectivity index (χ1n) is 5.96. The summed E-state index contributed by atoms with van der Waals surface area (Å²) >= 11 is 8.11. The molecule has 1 aromatic rings. The topological polar surface area (TPSA) is 66.8 Å². The van der Waals surface area contributed by atoms with Crippen LogP contribution in [0.5, 0.6) is 5.75 Å². The summed E-state index contributed by atoms with van der Waals surface area (Å²) in [6.45, 7) is 0.912. The molecule has 1 fully saturated rings. The van der Waals surface area contributed by atoms with Crippen molar-refractivity contribution in [3.63, 3.8) is 0 Å².